The van der Waals surface area contributed by atoms with Gasteiger partial charge in [-0.1, -0.05) is 0 Å². The molecule has 6 heteroatoms. The first kappa shape index (κ1) is 9.38. The van der Waals surface area contributed by atoms with E-state index >= 15 is 0 Å². The quantitative estimate of drug-likeness (QED) is 0.707. The first-order valence-corrected chi connectivity index (χ1v) is 5.16. The Hall–Kier alpha value is -1.85. The molecule has 0 radical (unpaired) electrons. The number of carboxylic acid groups (broad SMARTS) is 1. The molecule has 1 spiro atoms. The summed E-state index contributed by atoms with van der Waals surface area (Å²) in [6.07, 6.45) is 1.89. The Balaban J connectivity index is 2.16. The van der Waals surface area contributed by atoms with Crippen LogP contribution in [0.4, 0.5) is 0 Å². The van der Waals surface area contributed by atoms with E-state index < -0.39 is 5.97 Å². The number of aromatic nitrogens is 2. The molecule has 0 aromatic carbocycles. The molecule has 2 aliphatic rings. The van der Waals surface area contributed by atoms with Crippen molar-refractivity contribution in [3.63, 3.8) is 0 Å². The molecule has 0 atom stereocenters. The van der Waals surface area contributed by atoms with E-state index in [9.17, 15) is 9.59 Å². The number of aryl methyl sites for hydroxylation is 1. The van der Waals surface area contributed by atoms with Gasteiger partial charge >= 0.3 is 5.97 Å². The average molecular weight is 221 g/mol. The van der Waals surface area contributed by atoms with Crippen molar-refractivity contribution >= 4 is 11.9 Å². The maximum atomic E-state index is 11.8. The first-order chi connectivity index (χ1) is 7.52. The zero-order valence-corrected chi connectivity index (χ0v) is 8.78. The monoisotopic (exact) mass is 221 g/mol. The number of nitrogens with zero attached hydrogens (tertiary/aromatic N) is 2. The average Bonchev–Trinajstić information content (AvgIpc) is 2.79. The predicted molar refractivity (Wildman–Crippen MR) is 53.4 cm³/mol. The van der Waals surface area contributed by atoms with Crippen molar-refractivity contribution in [2.24, 2.45) is 0 Å². The lowest BCUT2D eigenvalue weighted by molar-refractivity contribution is 0.0686. The highest BCUT2D eigenvalue weighted by molar-refractivity contribution is 6.05. The van der Waals surface area contributed by atoms with Crippen molar-refractivity contribution in [2.45, 2.75) is 31.8 Å². The minimum absolute atomic E-state index is 0.0213. The van der Waals surface area contributed by atoms with Crippen molar-refractivity contribution in [1.82, 2.24) is 15.1 Å². The number of carbonyl (C=O) groups excluding carboxylic acids is 1. The summed E-state index contributed by atoms with van der Waals surface area (Å²) in [4.78, 5) is 22.9. The van der Waals surface area contributed by atoms with Crippen LogP contribution in [0.15, 0.2) is 0 Å². The Labute approximate surface area is 91.2 Å². The molecule has 6 nitrogen and oxygen atoms in total. The van der Waals surface area contributed by atoms with Gasteiger partial charge in [0.15, 0.2) is 0 Å². The minimum Gasteiger partial charge on any atom is -0.478 e. The van der Waals surface area contributed by atoms with Gasteiger partial charge in [0.1, 0.15) is 11.3 Å². The number of rotatable bonds is 1. The van der Waals surface area contributed by atoms with Crippen molar-refractivity contribution in [2.75, 3.05) is 0 Å². The van der Waals surface area contributed by atoms with Gasteiger partial charge < -0.3 is 10.4 Å². The predicted octanol–water partition coefficient (Wildman–Crippen LogP) is 0.166. The second-order valence-electron chi connectivity index (χ2n) is 4.51. The number of hydrogen-bond donors (Lipinski definition) is 2. The third kappa shape index (κ3) is 1.09. The van der Waals surface area contributed by atoms with Gasteiger partial charge in [0.05, 0.1) is 17.8 Å². The molecule has 1 aliphatic heterocycles. The molecule has 16 heavy (non-hydrogen) atoms. The van der Waals surface area contributed by atoms with Gasteiger partial charge in [0, 0.05) is 0 Å². The van der Waals surface area contributed by atoms with Crippen molar-refractivity contribution in [3.05, 3.63) is 17.0 Å². The van der Waals surface area contributed by atoms with Gasteiger partial charge in [0.2, 0.25) is 0 Å². The topological polar surface area (TPSA) is 84.2 Å². The standard InChI is InChI=1S/C10H11N3O3/c1-5-6(9(15)16)7-8(14)11-10(2-3-10)4-13(7)12-5/h2-4H2,1H3,(H,11,14)(H,15,16). The molecule has 84 valence electrons. The van der Waals surface area contributed by atoms with Gasteiger partial charge in [-0.2, -0.15) is 5.10 Å². The summed E-state index contributed by atoms with van der Waals surface area (Å²) < 4.78 is 1.53. The SMILES string of the molecule is Cc1nn2c(c1C(=O)O)C(=O)NC1(CC1)C2. The van der Waals surface area contributed by atoms with Gasteiger partial charge in [-0.3, -0.25) is 9.48 Å². The van der Waals surface area contributed by atoms with E-state index in [2.05, 4.69) is 10.4 Å². The Morgan fingerprint density at radius 3 is 2.81 bits per heavy atom. The van der Waals surface area contributed by atoms with E-state index in [1.54, 1.807) is 6.92 Å². The number of fused-ring (bicyclic) bond motifs is 1. The molecule has 1 aliphatic carbocycles. The van der Waals surface area contributed by atoms with E-state index in [1.165, 1.54) is 4.68 Å². The number of nitrogens with one attached hydrogen (secondary N) is 1. The molecule has 1 saturated carbocycles. The Bertz CT molecular complexity index is 514. The first-order valence-electron chi connectivity index (χ1n) is 5.16. The minimum atomic E-state index is -1.10. The molecular weight excluding hydrogens is 210 g/mol. The molecule has 2 heterocycles. The Morgan fingerprint density at radius 1 is 1.56 bits per heavy atom. The van der Waals surface area contributed by atoms with Crippen molar-refractivity contribution in [3.8, 4) is 0 Å². The third-order valence-corrected chi connectivity index (χ3v) is 3.24. The van der Waals surface area contributed by atoms with Gasteiger partial charge in [-0.05, 0) is 19.8 Å². The highest BCUT2D eigenvalue weighted by Crippen LogP contribution is 2.40. The molecule has 0 saturated heterocycles. The zero-order valence-electron chi connectivity index (χ0n) is 8.78. The number of amides is 1. The van der Waals surface area contributed by atoms with Crippen molar-refractivity contribution < 1.29 is 14.7 Å². The molecule has 2 N–H and O–H groups in total. The molecule has 1 fully saturated rings. The normalized spacial score (nSPS) is 20.4. The number of hydrogen-bond acceptors (Lipinski definition) is 3. The maximum Gasteiger partial charge on any atom is 0.340 e. The summed E-state index contributed by atoms with van der Waals surface area (Å²) in [5.74, 6) is -1.41. The van der Waals surface area contributed by atoms with Crippen LogP contribution in [0.2, 0.25) is 0 Å². The highest BCUT2D eigenvalue weighted by atomic mass is 16.4. The van der Waals surface area contributed by atoms with E-state index in [0.29, 0.717) is 12.2 Å². The van der Waals surface area contributed by atoms with E-state index in [0.717, 1.165) is 12.8 Å². The smallest absolute Gasteiger partial charge is 0.340 e. The van der Waals surface area contributed by atoms with Crippen LogP contribution in [-0.4, -0.2) is 32.3 Å². The van der Waals surface area contributed by atoms with E-state index in [1.807, 2.05) is 0 Å². The summed E-state index contributed by atoms with van der Waals surface area (Å²) in [5, 5.41) is 16.0. The fraction of sp³-hybridized carbons (Fsp3) is 0.500. The Morgan fingerprint density at radius 2 is 2.25 bits per heavy atom. The van der Waals surface area contributed by atoms with Crippen LogP contribution in [0.25, 0.3) is 0 Å². The van der Waals surface area contributed by atoms with Crippen LogP contribution in [0, 0.1) is 6.92 Å². The second-order valence-corrected chi connectivity index (χ2v) is 4.51. The van der Waals surface area contributed by atoms with Crippen LogP contribution in [0.3, 0.4) is 0 Å². The molecular formula is C10H11N3O3. The molecule has 1 aromatic heterocycles. The molecule has 0 unspecified atom stereocenters. The molecule has 1 aromatic rings. The number of carboxylic acids is 1. The summed E-state index contributed by atoms with van der Waals surface area (Å²) >= 11 is 0. The summed E-state index contributed by atoms with van der Waals surface area (Å²) in [7, 11) is 0. The fourth-order valence-corrected chi connectivity index (χ4v) is 2.24. The van der Waals surface area contributed by atoms with Gasteiger partial charge in [-0.15, -0.1) is 0 Å². The van der Waals surface area contributed by atoms with Crippen LogP contribution in [0.1, 0.15) is 39.4 Å². The van der Waals surface area contributed by atoms with Crippen LogP contribution in [0.5, 0.6) is 0 Å². The number of aromatic carboxylic acids is 1. The third-order valence-electron chi connectivity index (χ3n) is 3.24. The van der Waals surface area contributed by atoms with Crippen molar-refractivity contribution in [1.29, 1.82) is 0 Å². The van der Waals surface area contributed by atoms with Crippen LogP contribution < -0.4 is 5.32 Å². The van der Waals surface area contributed by atoms with Crippen LogP contribution >= 0.6 is 0 Å². The summed E-state index contributed by atoms with van der Waals surface area (Å²) in [5.41, 5.74) is 0.448. The van der Waals surface area contributed by atoms with Crippen LogP contribution in [-0.2, 0) is 6.54 Å². The lowest BCUT2D eigenvalue weighted by Crippen LogP contribution is -2.46. The largest absolute Gasteiger partial charge is 0.478 e. The fourth-order valence-electron chi connectivity index (χ4n) is 2.24. The second kappa shape index (κ2) is 2.63. The van der Waals surface area contributed by atoms with E-state index in [-0.39, 0.29) is 22.7 Å². The zero-order chi connectivity index (χ0) is 11.5. The molecule has 0 bridgehead atoms. The van der Waals surface area contributed by atoms with Gasteiger partial charge in [-0.25, -0.2) is 4.79 Å². The lowest BCUT2D eigenvalue weighted by atomic mass is 10.1. The summed E-state index contributed by atoms with van der Waals surface area (Å²) in [6.45, 7) is 2.20. The molecule has 1 amide bonds. The maximum absolute atomic E-state index is 11.8. The molecule has 3 rings (SSSR count). The Kier molecular flexibility index (Phi) is 1.54. The lowest BCUT2D eigenvalue weighted by Gasteiger charge is -2.24. The van der Waals surface area contributed by atoms with Gasteiger partial charge in [0.25, 0.3) is 5.91 Å². The summed E-state index contributed by atoms with van der Waals surface area (Å²) in [6, 6.07) is 0. The number of carbonyl (C=O) groups is 2. The highest BCUT2D eigenvalue weighted by Gasteiger charge is 2.49. The van der Waals surface area contributed by atoms with E-state index in [4.69, 9.17) is 5.11 Å².